The molecule has 0 amide bonds. The van der Waals surface area contributed by atoms with E-state index in [1.165, 1.54) is 0 Å². The van der Waals surface area contributed by atoms with E-state index >= 15 is 0 Å². The molecule has 6 nitrogen and oxygen atoms in total. The van der Waals surface area contributed by atoms with E-state index in [9.17, 15) is 8.42 Å². The lowest BCUT2D eigenvalue weighted by atomic mass is 10.2. The number of nitrogens with one attached hydrogen (secondary N) is 1. The lowest BCUT2D eigenvalue weighted by Gasteiger charge is -2.13. The van der Waals surface area contributed by atoms with Crippen LogP contribution in [0.1, 0.15) is 31.2 Å². The zero-order chi connectivity index (χ0) is 13.1. The standard InChI is InChI=1S/C10H15N3O3S/c1-4-9(5-6-11)13-17(14,15)10-7(2)12-16-8(10)3/h9,13H,4-5H2,1-3H3. The topological polar surface area (TPSA) is 96.0 Å². The number of hydrogen-bond acceptors (Lipinski definition) is 5. The first-order valence-corrected chi connectivity index (χ1v) is 6.72. The third-order valence-electron chi connectivity index (χ3n) is 2.39. The molecule has 1 heterocycles. The highest BCUT2D eigenvalue weighted by molar-refractivity contribution is 7.89. The zero-order valence-corrected chi connectivity index (χ0v) is 10.8. The molecule has 1 aromatic heterocycles. The highest BCUT2D eigenvalue weighted by Gasteiger charge is 2.26. The molecule has 7 heteroatoms. The van der Waals surface area contributed by atoms with Gasteiger partial charge in [-0.25, -0.2) is 13.1 Å². The van der Waals surface area contributed by atoms with Gasteiger partial charge >= 0.3 is 0 Å². The average Bonchev–Trinajstić information content (AvgIpc) is 2.58. The summed E-state index contributed by atoms with van der Waals surface area (Å²) >= 11 is 0. The van der Waals surface area contributed by atoms with Crippen molar-refractivity contribution in [2.24, 2.45) is 0 Å². The molecule has 1 atom stereocenters. The summed E-state index contributed by atoms with van der Waals surface area (Å²) in [4.78, 5) is 0.0638. The van der Waals surface area contributed by atoms with Crippen LogP contribution in [0.15, 0.2) is 9.42 Å². The molecule has 0 aliphatic heterocycles. The van der Waals surface area contributed by atoms with E-state index in [1.54, 1.807) is 13.8 Å². The summed E-state index contributed by atoms with van der Waals surface area (Å²) in [6, 6.07) is 1.56. The molecule has 0 saturated heterocycles. The molecule has 1 N–H and O–H groups in total. The molecule has 0 aliphatic carbocycles. The fourth-order valence-electron chi connectivity index (χ4n) is 1.52. The van der Waals surface area contributed by atoms with Gasteiger partial charge in [0, 0.05) is 6.04 Å². The summed E-state index contributed by atoms with van der Waals surface area (Å²) < 4.78 is 31.4. The Bertz CT molecular complexity index is 508. The molecular formula is C10H15N3O3S. The lowest BCUT2D eigenvalue weighted by molar-refractivity contribution is 0.390. The normalized spacial score (nSPS) is 13.3. The second-order valence-corrected chi connectivity index (χ2v) is 5.39. The Morgan fingerprint density at radius 1 is 1.53 bits per heavy atom. The molecule has 0 saturated carbocycles. The largest absolute Gasteiger partial charge is 0.360 e. The van der Waals surface area contributed by atoms with Crippen LogP contribution in [0.25, 0.3) is 0 Å². The van der Waals surface area contributed by atoms with Crippen molar-refractivity contribution in [2.45, 2.75) is 44.6 Å². The monoisotopic (exact) mass is 257 g/mol. The van der Waals surface area contributed by atoms with Crippen LogP contribution in [0, 0.1) is 25.2 Å². The van der Waals surface area contributed by atoms with Crippen LogP contribution in [0.4, 0.5) is 0 Å². The number of nitrogens with zero attached hydrogens (tertiary/aromatic N) is 2. The Hall–Kier alpha value is -1.39. The summed E-state index contributed by atoms with van der Waals surface area (Å²) in [5.74, 6) is 0.252. The number of aromatic nitrogens is 1. The van der Waals surface area contributed by atoms with Gasteiger partial charge in [-0.15, -0.1) is 0 Å². The molecule has 17 heavy (non-hydrogen) atoms. The van der Waals surface area contributed by atoms with E-state index in [0.717, 1.165) is 0 Å². The van der Waals surface area contributed by atoms with Crippen molar-refractivity contribution in [1.82, 2.24) is 9.88 Å². The van der Waals surface area contributed by atoms with Crippen LogP contribution < -0.4 is 4.72 Å². The molecule has 1 rings (SSSR count). The minimum absolute atomic E-state index is 0.0638. The molecule has 0 aliphatic rings. The van der Waals surface area contributed by atoms with E-state index < -0.39 is 16.1 Å². The van der Waals surface area contributed by atoms with E-state index in [2.05, 4.69) is 9.88 Å². The number of nitriles is 1. The first kappa shape index (κ1) is 13.7. The van der Waals surface area contributed by atoms with Gasteiger partial charge in [0.05, 0.1) is 12.5 Å². The summed E-state index contributed by atoms with van der Waals surface area (Å²) in [6.07, 6.45) is 0.690. The highest BCUT2D eigenvalue weighted by Crippen LogP contribution is 2.19. The lowest BCUT2D eigenvalue weighted by Crippen LogP contribution is -2.34. The van der Waals surface area contributed by atoms with Crippen LogP contribution >= 0.6 is 0 Å². The van der Waals surface area contributed by atoms with E-state index in [4.69, 9.17) is 9.78 Å². The van der Waals surface area contributed by atoms with Crippen molar-refractivity contribution in [3.05, 3.63) is 11.5 Å². The summed E-state index contributed by atoms with van der Waals surface area (Å²) in [5.41, 5.74) is 0.321. The van der Waals surface area contributed by atoms with Crippen molar-refractivity contribution in [2.75, 3.05) is 0 Å². The van der Waals surface area contributed by atoms with Crippen LogP contribution in [0.3, 0.4) is 0 Å². The van der Waals surface area contributed by atoms with Gasteiger partial charge in [-0.3, -0.25) is 0 Å². The van der Waals surface area contributed by atoms with Crippen molar-refractivity contribution >= 4 is 10.0 Å². The number of hydrogen-bond donors (Lipinski definition) is 1. The SMILES string of the molecule is CCC(CC#N)NS(=O)(=O)c1c(C)noc1C. The van der Waals surface area contributed by atoms with Crippen LogP contribution in [-0.4, -0.2) is 19.6 Å². The predicted octanol–water partition coefficient (Wildman–Crippen LogP) is 1.26. The highest BCUT2D eigenvalue weighted by atomic mass is 32.2. The van der Waals surface area contributed by atoms with Crippen molar-refractivity contribution in [3.8, 4) is 6.07 Å². The number of sulfonamides is 1. The second kappa shape index (κ2) is 5.29. The molecule has 0 bridgehead atoms. The molecule has 1 aromatic rings. The molecule has 0 aromatic carbocycles. The Balaban J connectivity index is 3.01. The van der Waals surface area contributed by atoms with E-state index in [-0.39, 0.29) is 17.1 Å². The maximum absolute atomic E-state index is 12.1. The van der Waals surface area contributed by atoms with Crippen molar-refractivity contribution in [3.63, 3.8) is 0 Å². The Morgan fingerprint density at radius 3 is 2.59 bits per heavy atom. The van der Waals surface area contributed by atoms with Gasteiger partial charge in [-0.2, -0.15) is 5.26 Å². The molecule has 94 valence electrons. The Labute approximate surface area is 101 Å². The predicted molar refractivity (Wildman–Crippen MR) is 60.6 cm³/mol. The maximum Gasteiger partial charge on any atom is 0.246 e. The summed E-state index contributed by atoms with van der Waals surface area (Å²) in [6.45, 7) is 4.92. The second-order valence-electron chi connectivity index (χ2n) is 3.74. The van der Waals surface area contributed by atoms with Gasteiger partial charge in [0.25, 0.3) is 0 Å². The average molecular weight is 257 g/mol. The fourth-order valence-corrected chi connectivity index (χ4v) is 3.16. The van der Waals surface area contributed by atoms with E-state index in [1.807, 2.05) is 13.0 Å². The van der Waals surface area contributed by atoms with Gasteiger partial charge in [0.15, 0.2) is 5.76 Å². The van der Waals surface area contributed by atoms with Gasteiger partial charge < -0.3 is 4.52 Å². The molecule has 1 unspecified atom stereocenters. The van der Waals surface area contributed by atoms with Gasteiger partial charge in [0.2, 0.25) is 10.0 Å². The number of aryl methyl sites for hydroxylation is 2. The van der Waals surface area contributed by atoms with Crippen molar-refractivity contribution < 1.29 is 12.9 Å². The molecular weight excluding hydrogens is 242 g/mol. The van der Waals surface area contributed by atoms with E-state index in [0.29, 0.717) is 12.1 Å². The smallest absolute Gasteiger partial charge is 0.246 e. The molecule has 0 fully saturated rings. The van der Waals surface area contributed by atoms with Crippen LogP contribution in [-0.2, 0) is 10.0 Å². The van der Waals surface area contributed by atoms with Crippen LogP contribution in [0.2, 0.25) is 0 Å². The zero-order valence-electron chi connectivity index (χ0n) is 10.0. The van der Waals surface area contributed by atoms with Crippen LogP contribution in [0.5, 0.6) is 0 Å². The Morgan fingerprint density at radius 2 is 2.18 bits per heavy atom. The maximum atomic E-state index is 12.1. The van der Waals surface area contributed by atoms with Gasteiger partial charge in [-0.1, -0.05) is 12.1 Å². The van der Waals surface area contributed by atoms with Gasteiger partial charge in [0.1, 0.15) is 10.6 Å². The molecule has 0 spiro atoms. The number of rotatable bonds is 5. The van der Waals surface area contributed by atoms with Gasteiger partial charge in [-0.05, 0) is 20.3 Å². The quantitative estimate of drug-likeness (QED) is 0.856. The summed E-state index contributed by atoms with van der Waals surface area (Å²) in [7, 11) is -3.67. The minimum atomic E-state index is -3.67. The first-order valence-electron chi connectivity index (χ1n) is 5.24. The summed E-state index contributed by atoms with van der Waals surface area (Å²) in [5, 5.41) is 12.2. The Kier molecular flexibility index (Phi) is 4.26. The minimum Gasteiger partial charge on any atom is -0.360 e. The first-order chi connectivity index (χ1) is 7.92. The fraction of sp³-hybridized carbons (Fsp3) is 0.600. The van der Waals surface area contributed by atoms with Crippen molar-refractivity contribution in [1.29, 1.82) is 5.26 Å². The third kappa shape index (κ3) is 3.05. The third-order valence-corrected chi connectivity index (χ3v) is 4.15. The molecule has 0 radical (unpaired) electrons.